The van der Waals surface area contributed by atoms with Crippen molar-refractivity contribution in [2.75, 3.05) is 6.54 Å². The first-order valence-electron chi connectivity index (χ1n) is 5.23. The van der Waals surface area contributed by atoms with Gasteiger partial charge in [0.2, 0.25) is 5.91 Å². The number of carbonyl (C=O) groups is 1. The van der Waals surface area contributed by atoms with E-state index in [2.05, 4.69) is 20.8 Å². The van der Waals surface area contributed by atoms with Crippen LogP contribution in [0.1, 0.15) is 38.5 Å². The second-order valence-corrected chi connectivity index (χ2v) is 5.18. The van der Waals surface area contributed by atoms with Crippen molar-refractivity contribution >= 4 is 21.8 Å². The van der Waals surface area contributed by atoms with Crippen LogP contribution in [0.2, 0.25) is 0 Å². The van der Waals surface area contributed by atoms with Crippen molar-refractivity contribution in [3.63, 3.8) is 0 Å². The van der Waals surface area contributed by atoms with E-state index in [-0.39, 0.29) is 4.83 Å². The number of amides is 1. The van der Waals surface area contributed by atoms with Gasteiger partial charge in [-0.25, -0.2) is 0 Å². The molecule has 0 radical (unpaired) electrons. The highest BCUT2D eigenvalue weighted by atomic mass is 79.9. The zero-order valence-corrected chi connectivity index (χ0v) is 9.42. The average molecular weight is 246 g/mol. The Labute approximate surface area is 87.8 Å². The summed E-state index contributed by atoms with van der Waals surface area (Å²) in [6, 6.07) is 0.559. The maximum atomic E-state index is 11.7. The summed E-state index contributed by atoms with van der Waals surface area (Å²) >= 11 is 3.42. The quantitative estimate of drug-likeness (QED) is 0.650. The number of nitrogens with zero attached hydrogens (tertiary/aromatic N) is 1. The van der Waals surface area contributed by atoms with Crippen molar-refractivity contribution in [3.05, 3.63) is 0 Å². The Morgan fingerprint density at radius 2 is 1.85 bits per heavy atom. The minimum Gasteiger partial charge on any atom is -0.339 e. The number of hydrogen-bond donors (Lipinski definition) is 0. The molecule has 1 unspecified atom stereocenters. The molecule has 0 bridgehead atoms. The zero-order valence-electron chi connectivity index (χ0n) is 7.84. The van der Waals surface area contributed by atoms with E-state index in [1.165, 1.54) is 32.1 Å². The highest BCUT2D eigenvalue weighted by molar-refractivity contribution is 9.10. The average Bonchev–Trinajstić information content (AvgIpc) is 2.49. The summed E-state index contributed by atoms with van der Waals surface area (Å²) in [6.07, 6.45) is 7.42. The van der Waals surface area contributed by atoms with Crippen LogP contribution in [0.25, 0.3) is 0 Å². The molecular formula is C10H16BrNO. The Morgan fingerprint density at radius 1 is 1.15 bits per heavy atom. The van der Waals surface area contributed by atoms with Gasteiger partial charge in [0.15, 0.2) is 0 Å². The second kappa shape index (κ2) is 3.99. The van der Waals surface area contributed by atoms with E-state index in [0.29, 0.717) is 11.9 Å². The number of likely N-dealkylation sites (tertiary alicyclic amines) is 1. The number of hydrogen-bond acceptors (Lipinski definition) is 1. The molecule has 3 heteroatoms. The number of carbonyl (C=O) groups excluding carboxylic acids is 1. The maximum absolute atomic E-state index is 11.7. The number of halogens is 1. The van der Waals surface area contributed by atoms with Crippen LogP contribution in [0.15, 0.2) is 0 Å². The molecule has 0 N–H and O–H groups in total. The molecule has 0 aromatic heterocycles. The molecule has 1 atom stereocenters. The molecule has 1 amide bonds. The molecule has 0 spiro atoms. The summed E-state index contributed by atoms with van der Waals surface area (Å²) in [5, 5.41) is 0. The summed E-state index contributed by atoms with van der Waals surface area (Å²) in [4.78, 5) is 13.9. The van der Waals surface area contributed by atoms with E-state index in [9.17, 15) is 4.79 Å². The van der Waals surface area contributed by atoms with E-state index >= 15 is 0 Å². The van der Waals surface area contributed by atoms with E-state index in [1.54, 1.807) is 0 Å². The summed E-state index contributed by atoms with van der Waals surface area (Å²) in [5.41, 5.74) is 0. The lowest BCUT2D eigenvalue weighted by Gasteiger charge is -2.30. The van der Waals surface area contributed by atoms with Crippen LogP contribution in [0.4, 0.5) is 0 Å². The first-order valence-corrected chi connectivity index (χ1v) is 6.15. The first-order chi connectivity index (χ1) is 6.29. The third-order valence-corrected chi connectivity index (χ3v) is 4.04. The molecule has 1 saturated carbocycles. The minimum absolute atomic E-state index is 0.106. The molecular weight excluding hydrogens is 230 g/mol. The predicted octanol–water partition coefficient (Wildman–Crippen LogP) is 2.31. The van der Waals surface area contributed by atoms with Gasteiger partial charge in [-0.3, -0.25) is 4.79 Å². The molecule has 1 saturated heterocycles. The molecule has 1 aliphatic heterocycles. The van der Waals surface area contributed by atoms with Gasteiger partial charge in [-0.1, -0.05) is 35.2 Å². The van der Waals surface area contributed by atoms with Crippen molar-refractivity contribution in [3.8, 4) is 0 Å². The van der Waals surface area contributed by atoms with Crippen LogP contribution in [0.3, 0.4) is 0 Å². The monoisotopic (exact) mass is 245 g/mol. The molecule has 1 aliphatic carbocycles. The summed E-state index contributed by atoms with van der Waals surface area (Å²) < 4.78 is 0. The Bertz CT molecular complexity index is 201. The van der Waals surface area contributed by atoms with Crippen LogP contribution >= 0.6 is 15.9 Å². The Balaban J connectivity index is 1.96. The fourth-order valence-corrected chi connectivity index (χ4v) is 2.89. The van der Waals surface area contributed by atoms with E-state index < -0.39 is 0 Å². The highest BCUT2D eigenvalue weighted by Gasteiger charge is 2.34. The van der Waals surface area contributed by atoms with Crippen molar-refractivity contribution in [1.82, 2.24) is 4.90 Å². The van der Waals surface area contributed by atoms with Crippen molar-refractivity contribution in [2.45, 2.75) is 49.4 Å². The van der Waals surface area contributed by atoms with Gasteiger partial charge in [0.05, 0.1) is 4.83 Å². The summed E-state index contributed by atoms with van der Waals surface area (Å²) in [6.45, 7) is 0.972. The number of alkyl halides is 1. The normalized spacial score (nSPS) is 31.3. The predicted molar refractivity (Wildman–Crippen MR) is 55.9 cm³/mol. The fourth-order valence-electron chi connectivity index (χ4n) is 2.42. The van der Waals surface area contributed by atoms with Crippen LogP contribution < -0.4 is 0 Å². The topological polar surface area (TPSA) is 20.3 Å². The molecule has 1 heterocycles. The molecule has 2 nitrogen and oxygen atoms in total. The van der Waals surface area contributed by atoms with Gasteiger partial charge in [-0.15, -0.1) is 0 Å². The van der Waals surface area contributed by atoms with Gasteiger partial charge >= 0.3 is 0 Å². The molecule has 74 valence electrons. The van der Waals surface area contributed by atoms with Gasteiger partial charge < -0.3 is 4.90 Å². The molecule has 0 aromatic rings. The van der Waals surface area contributed by atoms with E-state index in [1.807, 2.05) is 0 Å². The number of rotatable bonds is 1. The SMILES string of the molecule is O=C1C(Br)CCN1C1CCCCC1. The minimum atomic E-state index is 0.106. The standard InChI is InChI=1S/C10H16BrNO/c11-9-6-7-12(10(9)13)8-4-2-1-3-5-8/h8-9H,1-7H2. The van der Waals surface area contributed by atoms with Crippen molar-refractivity contribution in [1.29, 1.82) is 0 Å². The van der Waals surface area contributed by atoms with Gasteiger partial charge in [-0.05, 0) is 19.3 Å². The zero-order chi connectivity index (χ0) is 9.26. The third kappa shape index (κ3) is 1.90. The van der Waals surface area contributed by atoms with E-state index in [0.717, 1.165) is 13.0 Å². The molecule has 0 aromatic carbocycles. The molecule has 2 aliphatic rings. The fraction of sp³-hybridized carbons (Fsp3) is 0.900. The molecule has 2 rings (SSSR count). The van der Waals surface area contributed by atoms with Crippen LogP contribution in [0.5, 0.6) is 0 Å². The van der Waals surface area contributed by atoms with Gasteiger partial charge in [0, 0.05) is 12.6 Å². The van der Waals surface area contributed by atoms with Gasteiger partial charge in [-0.2, -0.15) is 0 Å². The van der Waals surface area contributed by atoms with Crippen molar-refractivity contribution < 1.29 is 4.79 Å². The Hall–Kier alpha value is -0.0500. The maximum Gasteiger partial charge on any atom is 0.236 e. The molecule has 2 fully saturated rings. The lowest BCUT2D eigenvalue weighted by atomic mass is 9.94. The molecule has 13 heavy (non-hydrogen) atoms. The van der Waals surface area contributed by atoms with Crippen LogP contribution in [-0.4, -0.2) is 28.2 Å². The van der Waals surface area contributed by atoms with Crippen molar-refractivity contribution in [2.24, 2.45) is 0 Å². The first kappa shape index (κ1) is 9.50. The largest absolute Gasteiger partial charge is 0.339 e. The lowest BCUT2D eigenvalue weighted by Crippen LogP contribution is -2.38. The van der Waals surface area contributed by atoms with Crippen LogP contribution in [-0.2, 0) is 4.79 Å². The van der Waals surface area contributed by atoms with Gasteiger partial charge in [0.25, 0.3) is 0 Å². The highest BCUT2D eigenvalue weighted by Crippen LogP contribution is 2.28. The summed E-state index contributed by atoms with van der Waals surface area (Å²) in [5.74, 6) is 0.326. The Morgan fingerprint density at radius 3 is 2.38 bits per heavy atom. The Kier molecular flexibility index (Phi) is 2.92. The van der Waals surface area contributed by atoms with Gasteiger partial charge in [0.1, 0.15) is 0 Å². The van der Waals surface area contributed by atoms with Crippen LogP contribution in [0, 0.1) is 0 Å². The smallest absolute Gasteiger partial charge is 0.236 e. The third-order valence-electron chi connectivity index (χ3n) is 3.19. The van der Waals surface area contributed by atoms with E-state index in [4.69, 9.17) is 0 Å². The lowest BCUT2D eigenvalue weighted by molar-refractivity contribution is -0.129. The summed E-state index contributed by atoms with van der Waals surface area (Å²) in [7, 11) is 0. The second-order valence-electron chi connectivity index (χ2n) is 4.08.